The van der Waals surface area contributed by atoms with Gasteiger partial charge in [-0.1, -0.05) is 23.7 Å². The molecule has 0 radical (unpaired) electrons. The molecule has 24 heavy (non-hydrogen) atoms. The first kappa shape index (κ1) is 17.4. The number of amides is 2. The number of hydroxylamine groups is 1. The van der Waals surface area contributed by atoms with Crippen LogP contribution >= 0.6 is 11.6 Å². The van der Waals surface area contributed by atoms with Gasteiger partial charge < -0.3 is 5.32 Å². The molecule has 0 unspecified atom stereocenters. The molecule has 0 bridgehead atoms. The molecule has 2 amide bonds. The molecule has 0 saturated carbocycles. The first-order valence-electron chi connectivity index (χ1n) is 6.61. The molecular weight excluding hydrogens is 338 g/mol. The standard InChI is InChI=1S/C15H12ClN3O5/c1-24-18-15(21)10-4-2-3-5-12(10)17-14(20)9-6-7-13(19(22)23)11(16)8-9/h2-8H,1H3,(H,17,20)(H,18,21). The number of rotatable bonds is 5. The van der Waals surface area contributed by atoms with Gasteiger partial charge in [0.1, 0.15) is 5.02 Å². The average Bonchev–Trinajstić information content (AvgIpc) is 2.55. The lowest BCUT2D eigenvalue weighted by molar-refractivity contribution is -0.384. The van der Waals surface area contributed by atoms with E-state index in [2.05, 4.69) is 15.6 Å². The number of hydrogen-bond donors (Lipinski definition) is 2. The van der Waals surface area contributed by atoms with E-state index in [1.165, 1.54) is 31.4 Å². The van der Waals surface area contributed by atoms with Crippen LogP contribution in [0.4, 0.5) is 11.4 Å². The maximum Gasteiger partial charge on any atom is 0.287 e. The Morgan fingerprint density at radius 3 is 2.50 bits per heavy atom. The predicted molar refractivity (Wildman–Crippen MR) is 87.0 cm³/mol. The van der Waals surface area contributed by atoms with Crippen LogP contribution in [0.25, 0.3) is 0 Å². The zero-order chi connectivity index (χ0) is 17.7. The Bertz CT molecular complexity index is 809. The molecule has 2 N–H and O–H groups in total. The van der Waals surface area contributed by atoms with E-state index in [1.54, 1.807) is 12.1 Å². The Balaban J connectivity index is 2.26. The van der Waals surface area contributed by atoms with Gasteiger partial charge in [0.25, 0.3) is 17.5 Å². The average molecular weight is 350 g/mol. The van der Waals surface area contributed by atoms with Crippen molar-refractivity contribution in [3.63, 3.8) is 0 Å². The summed E-state index contributed by atoms with van der Waals surface area (Å²) < 4.78 is 0. The number of halogens is 1. The van der Waals surface area contributed by atoms with Crippen molar-refractivity contribution in [1.82, 2.24) is 5.48 Å². The smallest absolute Gasteiger partial charge is 0.287 e. The first-order chi connectivity index (χ1) is 11.4. The van der Waals surface area contributed by atoms with E-state index >= 15 is 0 Å². The molecule has 8 nitrogen and oxygen atoms in total. The third-order valence-corrected chi connectivity index (χ3v) is 3.32. The highest BCUT2D eigenvalue weighted by Gasteiger charge is 2.17. The van der Waals surface area contributed by atoms with Gasteiger partial charge in [0.05, 0.1) is 23.3 Å². The quantitative estimate of drug-likeness (QED) is 0.637. The lowest BCUT2D eigenvalue weighted by Gasteiger charge is -2.10. The molecule has 0 aromatic heterocycles. The Kier molecular flexibility index (Phi) is 5.46. The summed E-state index contributed by atoms with van der Waals surface area (Å²) in [5.74, 6) is -1.10. The SMILES string of the molecule is CONC(=O)c1ccccc1NC(=O)c1ccc([N+](=O)[O-])c(Cl)c1. The molecule has 0 heterocycles. The molecule has 0 fully saturated rings. The van der Waals surface area contributed by atoms with Crippen molar-refractivity contribution < 1.29 is 19.3 Å². The van der Waals surface area contributed by atoms with E-state index in [0.29, 0.717) is 0 Å². The Morgan fingerprint density at radius 2 is 1.88 bits per heavy atom. The van der Waals surface area contributed by atoms with Crippen LogP contribution in [-0.4, -0.2) is 23.8 Å². The number of nitro benzene ring substituents is 1. The summed E-state index contributed by atoms with van der Waals surface area (Å²) in [6, 6.07) is 9.91. The summed E-state index contributed by atoms with van der Waals surface area (Å²) in [5, 5.41) is 13.1. The van der Waals surface area contributed by atoms with Crippen LogP contribution in [0.3, 0.4) is 0 Å². The van der Waals surface area contributed by atoms with Crippen molar-refractivity contribution in [2.24, 2.45) is 0 Å². The second-order valence-electron chi connectivity index (χ2n) is 4.56. The maximum absolute atomic E-state index is 12.3. The van der Waals surface area contributed by atoms with E-state index in [1.807, 2.05) is 0 Å². The third kappa shape index (κ3) is 3.86. The van der Waals surface area contributed by atoms with Crippen LogP contribution in [0.15, 0.2) is 42.5 Å². The van der Waals surface area contributed by atoms with Gasteiger partial charge in [-0.2, -0.15) is 0 Å². The van der Waals surface area contributed by atoms with E-state index in [0.717, 1.165) is 6.07 Å². The third-order valence-electron chi connectivity index (χ3n) is 3.02. The fourth-order valence-corrected chi connectivity index (χ4v) is 2.18. The highest BCUT2D eigenvalue weighted by Crippen LogP contribution is 2.25. The van der Waals surface area contributed by atoms with Gasteiger partial charge in [0.2, 0.25) is 0 Å². The summed E-state index contributed by atoms with van der Waals surface area (Å²) >= 11 is 5.79. The lowest BCUT2D eigenvalue weighted by atomic mass is 10.1. The van der Waals surface area contributed by atoms with Crippen molar-refractivity contribution >= 4 is 34.8 Å². The van der Waals surface area contributed by atoms with Crippen LogP contribution in [0.5, 0.6) is 0 Å². The fourth-order valence-electron chi connectivity index (χ4n) is 1.93. The fraction of sp³-hybridized carbons (Fsp3) is 0.0667. The van der Waals surface area contributed by atoms with E-state index in [4.69, 9.17) is 11.6 Å². The van der Waals surface area contributed by atoms with Crippen LogP contribution < -0.4 is 10.8 Å². The summed E-state index contributed by atoms with van der Waals surface area (Å²) in [7, 11) is 1.29. The second kappa shape index (κ2) is 7.53. The van der Waals surface area contributed by atoms with E-state index < -0.39 is 16.7 Å². The van der Waals surface area contributed by atoms with Gasteiger partial charge >= 0.3 is 0 Å². The second-order valence-corrected chi connectivity index (χ2v) is 4.97. The van der Waals surface area contributed by atoms with Crippen molar-refractivity contribution in [3.8, 4) is 0 Å². The highest BCUT2D eigenvalue weighted by atomic mass is 35.5. The number of nitro groups is 1. The molecule has 0 spiro atoms. The Labute approximate surface area is 141 Å². The number of nitrogens with zero attached hydrogens (tertiary/aromatic N) is 1. The van der Waals surface area contributed by atoms with Crippen LogP contribution in [-0.2, 0) is 4.84 Å². The predicted octanol–water partition coefficient (Wildman–Crippen LogP) is 2.79. The number of carbonyl (C=O) groups is 2. The van der Waals surface area contributed by atoms with Crippen LogP contribution in [0.1, 0.15) is 20.7 Å². The van der Waals surface area contributed by atoms with Crippen molar-refractivity contribution in [1.29, 1.82) is 0 Å². The minimum Gasteiger partial charge on any atom is -0.321 e. The zero-order valence-electron chi connectivity index (χ0n) is 12.4. The Hall–Kier alpha value is -2.97. The van der Waals surface area contributed by atoms with Crippen molar-refractivity contribution in [3.05, 3.63) is 68.7 Å². The molecule has 0 aliphatic heterocycles. The van der Waals surface area contributed by atoms with Gasteiger partial charge in [-0.05, 0) is 24.3 Å². The van der Waals surface area contributed by atoms with Gasteiger partial charge in [-0.15, -0.1) is 0 Å². The van der Waals surface area contributed by atoms with Crippen LogP contribution in [0, 0.1) is 10.1 Å². The molecule has 0 aliphatic rings. The lowest BCUT2D eigenvalue weighted by Crippen LogP contribution is -2.24. The van der Waals surface area contributed by atoms with Gasteiger partial charge in [-0.3, -0.25) is 24.5 Å². The number of para-hydroxylation sites is 1. The Morgan fingerprint density at radius 1 is 1.17 bits per heavy atom. The van der Waals surface area contributed by atoms with Crippen molar-refractivity contribution in [2.75, 3.05) is 12.4 Å². The molecule has 9 heteroatoms. The molecule has 2 aromatic rings. The number of nitrogens with one attached hydrogen (secondary N) is 2. The first-order valence-corrected chi connectivity index (χ1v) is 6.99. The molecule has 0 aliphatic carbocycles. The molecule has 0 saturated heterocycles. The summed E-state index contributed by atoms with van der Waals surface area (Å²) in [4.78, 5) is 38.8. The normalized spacial score (nSPS) is 10.1. The molecule has 2 rings (SSSR count). The summed E-state index contributed by atoms with van der Waals surface area (Å²) in [5.41, 5.74) is 2.43. The molecule has 2 aromatic carbocycles. The number of hydrogen-bond acceptors (Lipinski definition) is 5. The number of benzene rings is 2. The monoisotopic (exact) mass is 349 g/mol. The topological polar surface area (TPSA) is 111 Å². The molecular formula is C15H12ClN3O5. The van der Waals surface area contributed by atoms with E-state index in [9.17, 15) is 19.7 Å². The highest BCUT2D eigenvalue weighted by molar-refractivity contribution is 6.33. The van der Waals surface area contributed by atoms with Crippen molar-refractivity contribution in [2.45, 2.75) is 0 Å². The molecule has 124 valence electrons. The van der Waals surface area contributed by atoms with Crippen LogP contribution in [0.2, 0.25) is 5.02 Å². The largest absolute Gasteiger partial charge is 0.321 e. The zero-order valence-corrected chi connectivity index (χ0v) is 13.2. The summed E-state index contributed by atoms with van der Waals surface area (Å²) in [6.45, 7) is 0. The number of carbonyl (C=O) groups excluding carboxylic acids is 2. The maximum atomic E-state index is 12.3. The van der Waals surface area contributed by atoms with Gasteiger partial charge in [0.15, 0.2) is 0 Å². The summed E-state index contributed by atoms with van der Waals surface area (Å²) in [6.07, 6.45) is 0. The minimum absolute atomic E-state index is 0.118. The van der Waals surface area contributed by atoms with E-state index in [-0.39, 0.29) is 27.5 Å². The van der Waals surface area contributed by atoms with Gasteiger partial charge in [-0.25, -0.2) is 5.48 Å². The number of anilines is 1. The minimum atomic E-state index is -0.644. The molecule has 0 atom stereocenters. The van der Waals surface area contributed by atoms with Gasteiger partial charge in [0, 0.05) is 11.6 Å².